The van der Waals surface area contributed by atoms with Gasteiger partial charge in [0.05, 0.1) is 0 Å². The summed E-state index contributed by atoms with van der Waals surface area (Å²) in [6, 6.07) is 0. The third-order valence-corrected chi connectivity index (χ3v) is 0. The summed E-state index contributed by atoms with van der Waals surface area (Å²) in [5, 5.41) is 0. The van der Waals surface area contributed by atoms with Crippen molar-refractivity contribution < 1.29 is 54.2 Å². The smallest absolute Gasteiger partial charge is 2.00 e. The Morgan fingerprint density at radius 3 is 0.333 bits per heavy atom. The van der Waals surface area contributed by atoms with Crippen LogP contribution in [0.2, 0.25) is 0 Å². The van der Waals surface area contributed by atoms with Crippen LogP contribution in [0.1, 0.15) is 0 Å². The molecule has 0 aromatic rings. The van der Waals surface area contributed by atoms with Crippen LogP contribution in [0.4, 0.5) is 33.8 Å². The van der Waals surface area contributed by atoms with Crippen LogP contribution in [0.15, 0.2) is 0 Å². The van der Waals surface area contributed by atoms with Gasteiger partial charge in [-0.2, -0.15) is 0 Å². The largest absolute Gasteiger partial charge is 2.00 e. The molecule has 0 saturated carbocycles. The molecule has 0 unspecified atom stereocenters. The van der Waals surface area contributed by atoms with Crippen LogP contribution in [0.3, 0.4) is 0 Å². The molecule has 0 aliphatic carbocycles. The molecule has 0 rings (SSSR count). The number of hydrogen-bond donors (Lipinski definition) is 0. The van der Waals surface area contributed by atoms with Crippen molar-refractivity contribution in [3.63, 3.8) is 0 Å². The molecule has 0 radical (unpaired) electrons. The monoisotopic (exact) mass is 576 g/mol. The normalized spacial score (nSPS) is 21.6. The first kappa shape index (κ1) is 21.7. The maximum absolute atomic E-state index is 11.2. The van der Waals surface area contributed by atoms with Gasteiger partial charge in [0.15, 0.2) is 0 Å². The molecule has 0 spiro atoms. The third kappa shape index (κ3) is 1320. The van der Waals surface area contributed by atoms with Crippen LogP contribution < -0.4 is 0 Å². The van der Waals surface area contributed by atoms with E-state index in [0.29, 0.717) is 0 Å². The van der Waals surface area contributed by atoms with E-state index >= 15 is 0 Å². The molecular formula is F12PdSb2. The van der Waals surface area contributed by atoms with Gasteiger partial charge in [0.2, 0.25) is 0 Å². The first-order chi connectivity index (χ1) is 4.90. The fraction of sp³-hybridized carbons (Fsp3) is 0. The summed E-state index contributed by atoms with van der Waals surface area (Å²) in [5.74, 6) is 0. The summed E-state index contributed by atoms with van der Waals surface area (Å²) in [6.45, 7) is 0. The zero-order chi connectivity index (χ0) is 12.8. The van der Waals surface area contributed by atoms with E-state index in [1.165, 1.54) is 0 Å². The van der Waals surface area contributed by atoms with E-state index in [1.54, 1.807) is 0 Å². The predicted molar refractivity (Wildman–Crippen MR) is 24.8 cm³/mol. The van der Waals surface area contributed by atoms with E-state index in [1.807, 2.05) is 0 Å². The summed E-state index contributed by atoms with van der Waals surface area (Å²) >= 11 is -22.5. The second-order valence-electron chi connectivity index (χ2n) is 1.92. The fourth-order valence-corrected chi connectivity index (χ4v) is 0. The van der Waals surface area contributed by atoms with Crippen molar-refractivity contribution in [1.82, 2.24) is 0 Å². The third-order valence-electron chi connectivity index (χ3n) is 0. The van der Waals surface area contributed by atoms with Gasteiger partial charge in [-0.3, -0.25) is 0 Å². The summed E-state index contributed by atoms with van der Waals surface area (Å²) in [7, 11) is 0. The predicted octanol–water partition coefficient (Wildman–Crippen LogP) is 4.28. The Kier molecular flexibility index (Phi) is 4.73. The van der Waals surface area contributed by atoms with Crippen molar-refractivity contribution in [1.29, 1.82) is 0 Å². The van der Waals surface area contributed by atoms with Crippen LogP contribution in [-0.2, 0) is 20.4 Å². The first-order valence-corrected chi connectivity index (χ1v) is 13.6. The van der Waals surface area contributed by atoms with E-state index in [2.05, 4.69) is 0 Å². The molecule has 104 valence electrons. The van der Waals surface area contributed by atoms with Gasteiger partial charge >= 0.3 is 93.1 Å². The van der Waals surface area contributed by atoms with Crippen molar-refractivity contribution in [2.45, 2.75) is 0 Å². The SMILES string of the molecule is [F][Sb-]([F])([F])([F])([F])[F].[F][Sb-]([F])([F])([F])([F])[F].[Pd+2]. The van der Waals surface area contributed by atoms with Gasteiger partial charge in [-0.25, -0.2) is 0 Å². The van der Waals surface area contributed by atoms with E-state index in [9.17, 15) is 33.8 Å². The number of halogens is 12. The minimum atomic E-state index is -11.2. The Labute approximate surface area is 92.4 Å². The van der Waals surface area contributed by atoms with Crippen LogP contribution in [0.25, 0.3) is 0 Å². The Hall–Kier alpha value is 1.46. The summed E-state index contributed by atoms with van der Waals surface area (Å²) < 4.78 is 119. The molecule has 0 amide bonds. The van der Waals surface area contributed by atoms with E-state index < -0.39 is 39.0 Å². The minimum absolute atomic E-state index is 0. The van der Waals surface area contributed by atoms with Crippen molar-refractivity contribution >= 4 is 39.0 Å². The van der Waals surface area contributed by atoms with Crippen LogP contribution in [0, 0.1) is 0 Å². The number of hydrogen-bond acceptors (Lipinski definition) is 0. The molecule has 0 aliphatic heterocycles. The number of rotatable bonds is 0. The molecule has 0 atom stereocenters. The first-order valence-electron chi connectivity index (χ1n) is 2.03. The quantitative estimate of drug-likeness (QED) is 0.298. The maximum Gasteiger partial charge on any atom is 2.00 e. The molecule has 0 bridgehead atoms. The fourth-order valence-electron chi connectivity index (χ4n) is 0. The zero-order valence-corrected chi connectivity index (χ0v) is 12.4. The van der Waals surface area contributed by atoms with E-state index in [-0.39, 0.29) is 20.4 Å². The van der Waals surface area contributed by atoms with Gasteiger partial charge in [-0.05, 0) is 0 Å². The van der Waals surface area contributed by atoms with Gasteiger partial charge in [0, 0.05) is 0 Å². The van der Waals surface area contributed by atoms with Crippen LogP contribution >= 0.6 is 0 Å². The molecule has 15 heteroatoms. The molecule has 0 nitrogen and oxygen atoms in total. The van der Waals surface area contributed by atoms with Gasteiger partial charge in [-0.15, -0.1) is 0 Å². The van der Waals surface area contributed by atoms with Crippen molar-refractivity contribution in [2.24, 2.45) is 0 Å². The van der Waals surface area contributed by atoms with E-state index in [0.717, 1.165) is 0 Å². The standard InChI is InChI=1S/12FH.Pd.2Sb/h12*1H;;;/q;;;;;;;;;;;;+2;2*+5/p-12. The minimum Gasteiger partial charge on any atom is 2.00 e. The Morgan fingerprint density at radius 2 is 0.333 bits per heavy atom. The second kappa shape index (κ2) is 3.27. The summed E-state index contributed by atoms with van der Waals surface area (Å²) in [6.07, 6.45) is 0. The van der Waals surface area contributed by atoms with Gasteiger partial charge in [0.1, 0.15) is 0 Å². The molecule has 0 heterocycles. The Bertz CT molecular complexity index is 161. The van der Waals surface area contributed by atoms with Crippen LogP contribution in [0.5, 0.6) is 0 Å². The second-order valence-corrected chi connectivity index (χ2v) is 12.9. The molecule has 0 aliphatic rings. The Balaban J connectivity index is -0.000000180. The maximum atomic E-state index is 9.93. The summed E-state index contributed by atoms with van der Waals surface area (Å²) in [5.41, 5.74) is 0. The topological polar surface area (TPSA) is 0 Å². The van der Waals surface area contributed by atoms with Gasteiger partial charge < -0.3 is 0 Å². The van der Waals surface area contributed by atoms with Crippen molar-refractivity contribution in [3.05, 3.63) is 0 Å². The molecule has 0 N–H and O–H groups in total. The average molecular weight is 578 g/mol. The van der Waals surface area contributed by atoms with Crippen molar-refractivity contribution in [2.75, 3.05) is 0 Å². The molecule has 0 aromatic carbocycles. The Morgan fingerprint density at radius 1 is 0.333 bits per heavy atom. The molecule has 0 saturated heterocycles. The zero-order valence-electron chi connectivity index (χ0n) is 5.75. The molecule has 0 aromatic heterocycles. The molecule has 15 heavy (non-hydrogen) atoms. The van der Waals surface area contributed by atoms with Crippen LogP contribution in [-0.4, -0.2) is 39.0 Å². The van der Waals surface area contributed by atoms with Gasteiger partial charge in [0.25, 0.3) is 0 Å². The molecule has 0 fully saturated rings. The average Bonchev–Trinajstić information content (AvgIpc) is 0.938. The van der Waals surface area contributed by atoms with Gasteiger partial charge in [-0.1, -0.05) is 0 Å². The molecular weight excluding hydrogens is 578 g/mol. The van der Waals surface area contributed by atoms with E-state index in [4.69, 9.17) is 0 Å². The summed E-state index contributed by atoms with van der Waals surface area (Å²) in [4.78, 5) is 0. The van der Waals surface area contributed by atoms with Crippen molar-refractivity contribution in [3.8, 4) is 0 Å².